The van der Waals surface area contributed by atoms with Gasteiger partial charge in [-0.15, -0.1) is 0 Å². The van der Waals surface area contributed by atoms with Crippen molar-refractivity contribution in [1.29, 1.82) is 0 Å². The Hall–Kier alpha value is -2.48. The van der Waals surface area contributed by atoms with E-state index in [1.54, 1.807) is 41.5 Å². The molecule has 0 aliphatic heterocycles. The zero-order valence-corrected chi connectivity index (χ0v) is 30.7. The molecule has 0 unspecified atom stereocenters. The minimum Gasteiger partial charge on any atom is -0.444 e. The number of carbonyl (C=O) groups excluding carboxylic acids is 4. The Morgan fingerprint density at radius 2 is 0.980 bits per heavy atom. The van der Waals surface area contributed by atoms with Crippen LogP contribution in [0.1, 0.15) is 92.9 Å². The van der Waals surface area contributed by atoms with Gasteiger partial charge in [0.15, 0.2) is 11.6 Å². The normalized spacial score (nSPS) is 13.4. The van der Waals surface area contributed by atoms with E-state index in [-0.39, 0.29) is 39.1 Å². The number of ketones is 2. The molecular formula is C32H66N8O9. The van der Waals surface area contributed by atoms with E-state index in [4.69, 9.17) is 46.8 Å². The fraction of sp³-hybridized carbons (Fsp3) is 0.875. The number of hydrogen-bond acceptors (Lipinski definition) is 15. The molecule has 0 saturated heterocycles. The molecule has 17 heteroatoms. The first kappa shape index (κ1) is 46.5. The van der Waals surface area contributed by atoms with Gasteiger partial charge in [0, 0.05) is 32.7 Å². The summed E-state index contributed by atoms with van der Waals surface area (Å²) in [5, 5.41) is 5.34. The number of ether oxygens (including phenoxy) is 5. The van der Waals surface area contributed by atoms with Gasteiger partial charge in [0.25, 0.3) is 0 Å². The Bertz CT molecular complexity index is 887. The number of alkyl carbamates (subject to hydrolysis) is 2. The van der Waals surface area contributed by atoms with Crippen molar-refractivity contribution in [3.63, 3.8) is 0 Å². The number of nitrogens with two attached hydrogens (primary N) is 4. The second-order valence-corrected chi connectivity index (χ2v) is 13.7. The third kappa shape index (κ3) is 22.8. The van der Waals surface area contributed by atoms with Crippen LogP contribution in [-0.2, 0) is 33.3 Å². The lowest BCUT2D eigenvalue weighted by Crippen LogP contribution is -2.66. The van der Waals surface area contributed by atoms with Crippen LogP contribution in [0.3, 0.4) is 0 Å². The average molecular weight is 707 g/mol. The molecule has 17 nitrogen and oxygen atoms in total. The minimum atomic E-state index is -1.98. The molecule has 0 bridgehead atoms. The number of Topliss-reactive ketones (excluding diaryl/α,β-unsaturated/α-hetero) is 2. The zero-order chi connectivity index (χ0) is 37.3. The van der Waals surface area contributed by atoms with Crippen molar-refractivity contribution in [2.45, 2.75) is 122 Å². The van der Waals surface area contributed by atoms with E-state index in [1.807, 2.05) is 0 Å². The third-order valence-electron chi connectivity index (χ3n) is 6.97. The van der Waals surface area contributed by atoms with Crippen LogP contribution in [0.5, 0.6) is 0 Å². The number of unbranched alkanes of at least 4 members (excludes halogenated alkanes) is 2. The maximum absolute atomic E-state index is 13.9. The van der Waals surface area contributed by atoms with Crippen LogP contribution in [0.4, 0.5) is 9.59 Å². The number of amides is 2. The monoisotopic (exact) mass is 706 g/mol. The molecule has 0 heterocycles. The third-order valence-corrected chi connectivity index (χ3v) is 6.97. The summed E-state index contributed by atoms with van der Waals surface area (Å²) in [7, 11) is 0. The van der Waals surface area contributed by atoms with Gasteiger partial charge >= 0.3 is 12.2 Å². The van der Waals surface area contributed by atoms with Crippen molar-refractivity contribution in [3.05, 3.63) is 0 Å². The lowest BCUT2D eigenvalue weighted by molar-refractivity contribution is -0.138. The molecule has 0 aromatic rings. The lowest BCUT2D eigenvalue weighted by atomic mass is 9.78. The van der Waals surface area contributed by atoms with Crippen molar-refractivity contribution < 1.29 is 42.9 Å². The van der Waals surface area contributed by atoms with Gasteiger partial charge in [0.2, 0.25) is 0 Å². The maximum atomic E-state index is 13.9. The maximum Gasteiger partial charge on any atom is 0.407 e. The van der Waals surface area contributed by atoms with Gasteiger partial charge in [-0.3, -0.25) is 21.3 Å². The van der Waals surface area contributed by atoms with Gasteiger partial charge < -0.3 is 45.8 Å². The van der Waals surface area contributed by atoms with Gasteiger partial charge in [0.1, 0.15) is 16.7 Å². The molecule has 0 rings (SSSR count). The van der Waals surface area contributed by atoms with E-state index in [9.17, 15) is 19.2 Å². The highest BCUT2D eigenvalue weighted by Crippen LogP contribution is 2.20. The average Bonchev–Trinajstić information content (AvgIpc) is 3.00. The predicted octanol–water partition coefficient (Wildman–Crippen LogP) is 0.665. The molecule has 0 radical (unpaired) electrons. The first-order valence-electron chi connectivity index (χ1n) is 17.2. The number of hydrogen-bond donors (Lipinski definition) is 8. The lowest BCUT2D eigenvalue weighted by Gasteiger charge is -2.33. The van der Waals surface area contributed by atoms with Crippen molar-refractivity contribution >= 4 is 23.8 Å². The van der Waals surface area contributed by atoms with Gasteiger partial charge in [-0.1, -0.05) is 0 Å². The number of rotatable bonds is 28. The fourth-order valence-electron chi connectivity index (χ4n) is 4.49. The quantitative estimate of drug-likeness (QED) is 0.0240. The molecule has 12 N–H and O–H groups in total. The molecule has 0 saturated carbocycles. The van der Waals surface area contributed by atoms with Crippen LogP contribution in [0, 0.1) is 0 Å². The largest absolute Gasteiger partial charge is 0.444 e. The summed E-state index contributed by atoms with van der Waals surface area (Å²) in [4.78, 5) is 51.5. The van der Waals surface area contributed by atoms with Gasteiger partial charge in [-0.2, -0.15) is 0 Å². The SMILES string of the molecule is CC(C)(C)OC(=O)NCCCC[C@H](NN)C(=O)C(N)(CCOCCOCCOCCCN)C(=O)[C@H](CCCCNC(=O)OC(C)(C)C)NN. The van der Waals surface area contributed by atoms with Crippen LogP contribution in [-0.4, -0.2) is 112 Å². The highest BCUT2D eigenvalue weighted by atomic mass is 16.6. The molecule has 0 aliphatic rings. The molecule has 0 fully saturated rings. The first-order chi connectivity index (χ1) is 23.0. The number of carbonyl (C=O) groups is 4. The van der Waals surface area contributed by atoms with Crippen LogP contribution in [0.2, 0.25) is 0 Å². The Kier molecular flexibility index (Phi) is 24.2. The highest BCUT2D eigenvalue weighted by Gasteiger charge is 2.46. The van der Waals surface area contributed by atoms with Crippen LogP contribution in [0.15, 0.2) is 0 Å². The molecule has 2 amide bonds. The summed E-state index contributed by atoms with van der Waals surface area (Å²) in [6.45, 7) is 13.7. The van der Waals surface area contributed by atoms with Crippen molar-refractivity contribution in [3.8, 4) is 0 Å². The zero-order valence-electron chi connectivity index (χ0n) is 30.7. The molecule has 288 valence electrons. The van der Waals surface area contributed by atoms with Crippen molar-refractivity contribution in [2.24, 2.45) is 23.2 Å². The van der Waals surface area contributed by atoms with Gasteiger partial charge in [-0.25, -0.2) is 20.4 Å². The molecular weight excluding hydrogens is 640 g/mol. The van der Waals surface area contributed by atoms with Gasteiger partial charge in [0.05, 0.1) is 38.5 Å². The summed E-state index contributed by atoms with van der Waals surface area (Å²) in [6, 6.07) is -1.90. The summed E-state index contributed by atoms with van der Waals surface area (Å²) in [5.74, 6) is 10.4. The van der Waals surface area contributed by atoms with E-state index < -0.39 is 52.6 Å². The predicted molar refractivity (Wildman–Crippen MR) is 186 cm³/mol. The second-order valence-electron chi connectivity index (χ2n) is 13.7. The van der Waals surface area contributed by atoms with E-state index in [0.717, 1.165) is 6.42 Å². The molecule has 0 spiro atoms. The standard InChI is InChI=1S/C32H66N8O9/c1-30(2,3)48-28(43)37-16-9-7-12-24(39-35)26(41)32(34,14-19-46-21-23-47-22-20-45-18-11-15-33)27(42)25(40-36)13-8-10-17-38-29(44)49-31(4,5)6/h24-25,39-40H,7-23,33-36H2,1-6H3,(H,37,43)(H,38,44)/t24-,25-/m0/s1. The summed E-state index contributed by atoms with van der Waals surface area (Å²) < 4.78 is 27.0. The van der Waals surface area contributed by atoms with Crippen molar-refractivity contribution in [2.75, 3.05) is 59.3 Å². The van der Waals surface area contributed by atoms with E-state index in [2.05, 4.69) is 21.5 Å². The summed E-state index contributed by atoms with van der Waals surface area (Å²) >= 11 is 0. The minimum absolute atomic E-state index is 0.00145. The number of nitrogens with one attached hydrogen (secondary N) is 4. The topological polar surface area (TPSA) is 267 Å². The molecule has 2 atom stereocenters. The Balaban J connectivity index is 5.27. The second kappa shape index (κ2) is 25.5. The van der Waals surface area contributed by atoms with Gasteiger partial charge in [-0.05, 0) is 93.0 Å². The van der Waals surface area contributed by atoms with E-state index >= 15 is 0 Å². The van der Waals surface area contributed by atoms with Crippen LogP contribution in [0.25, 0.3) is 0 Å². The summed E-state index contributed by atoms with van der Waals surface area (Å²) in [6.07, 6.45) is 2.15. The van der Waals surface area contributed by atoms with Crippen molar-refractivity contribution in [1.82, 2.24) is 21.5 Å². The summed E-state index contributed by atoms with van der Waals surface area (Å²) in [5.41, 5.74) is 13.9. The molecule has 0 aliphatic carbocycles. The Labute approximate surface area is 292 Å². The first-order valence-corrected chi connectivity index (χ1v) is 17.2. The smallest absolute Gasteiger partial charge is 0.407 e. The molecule has 0 aromatic carbocycles. The highest BCUT2D eigenvalue weighted by molar-refractivity contribution is 6.15. The Morgan fingerprint density at radius 3 is 1.35 bits per heavy atom. The van der Waals surface area contributed by atoms with E-state index in [1.165, 1.54) is 0 Å². The van der Waals surface area contributed by atoms with E-state index in [0.29, 0.717) is 65.1 Å². The fourth-order valence-corrected chi connectivity index (χ4v) is 4.49. The van der Waals surface area contributed by atoms with Crippen LogP contribution >= 0.6 is 0 Å². The Morgan fingerprint density at radius 1 is 0.592 bits per heavy atom. The van der Waals surface area contributed by atoms with Crippen LogP contribution < -0.4 is 44.6 Å². The number of hydrazine groups is 2. The molecule has 49 heavy (non-hydrogen) atoms. The molecule has 0 aromatic heterocycles.